The number of carbonyl (C=O) groups is 2. The summed E-state index contributed by atoms with van der Waals surface area (Å²) in [6.45, 7) is 0.360. The van der Waals surface area contributed by atoms with Crippen LogP contribution in [0.25, 0.3) is 0 Å². The molecule has 2 amide bonds. The second-order valence-electron chi connectivity index (χ2n) is 6.12. The minimum absolute atomic E-state index is 0.125. The number of rotatable bonds is 5. The van der Waals surface area contributed by atoms with Crippen molar-refractivity contribution >= 4 is 46.0 Å². The number of amidine groups is 1. The summed E-state index contributed by atoms with van der Waals surface area (Å²) < 4.78 is 5.17. The van der Waals surface area contributed by atoms with Crippen molar-refractivity contribution < 1.29 is 14.3 Å². The van der Waals surface area contributed by atoms with E-state index in [1.807, 2.05) is 12.1 Å². The summed E-state index contributed by atoms with van der Waals surface area (Å²) in [7, 11) is 3.16. The summed E-state index contributed by atoms with van der Waals surface area (Å²) in [5, 5.41) is 3.23. The molecule has 0 saturated carbocycles. The lowest BCUT2D eigenvalue weighted by molar-refractivity contribution is -0.130. The Kier molecular flexibility index (Phi) is 6.59. The van der Waals surface area contributed by atoms with E-state index in [0.29, 0.717) is 22.4 Å². The second-order valence-corrected chi connectivity index (χ2v) is 7.73. The summed E-state index contributed by atoms with van der Waals surface area (Å²) in [6, 6.07) is 14.5. The number of halogens is 1. The van der Waals surface area contributed by atoms with Crippen LogP contribution in [0.15, 0.2) is 53.5 Å². The highest BCUT2D eigenvalue weighted by molar-refractivity contribution is 8.15. The molecule has 0 radical (unpaired) electrons. The maximum absolute atomic E-state index is 12.8. The van der Waals surface area contributed by atoms with Crippen LogP contribution in [-0.4, -0.2) is 41.3 Å². The number of nitrogens with zero attached hydrogens (tertiary/aromatic N) is 2. The molecule has 1 fully saturated rings. The van der Waals surface area contributed by atoms with Gasteiger partial charge in [0.15, 0.2) is 5.17 Å². The first kappa shape index (κ1) is 20.2. The fourth-order valence-corrected chi connectivity index (χ4v) is 3.98. The van der Waals surface area contributed by atoms with Gasteiger partial charge in [0.05, 0.1) is 24.6 Å². The molecule has 3 rings (SSSR count). The molecule has 8 heteroatoms. The van der Waals surface area contributed by atoms with Crippen LogP contribution in [0.3, 0.4) is 0 Å². The number of nitrogens with one attached hydrogen (secondary N) is 1. The Hall–Kier alpha value is -2.51. The smallest absolute Gasteiger partial charge is 0.233 e. The van der Waals surface area contributed by atoms with Gasteiger partial charge in [-0.15, -0.1) is 0 Å². The third kappa shape index (κ3) is 4.85. The van der Waals surface area contributed by atoms with E-state index >= 15 is 0 Å². The van der Waals surface area contributed by atoms with E-state index in [1.54, 1.807) is 55.5 Å². The van der Waals surface area contributed by atoms with Gasteiger partial charge in [0.2, 0.25) is 11.8 Å². The molecule has 1 unspecified atom stereocenters. The van der Waals surface area contributed by atoms with E-state index in [4.69, 9.17) is 16.3 Å². The molecule has 1 heterocycles. The van der Waals surface area contributed by atoms with Crippen LogP contribution in [0, 0.1) is 0 Å². The molecule has 28 heavy (non-hydrogen) atoms. The number of carbonyl (C=O) groups excluding carboxylic acids is 2. The molecule has 1 saturated heterocycles. The first-order valence-electron chi connectivity index (χ1n) is 8.66. The maximum atomic E-state index is 12.8. The number of amides is 2. The molecule has 1 aliphatic rings. The molecule has 0 aliphatic carbocycles. The molecule has 0 spiro atoms. The lowest BCUT2D eigenvalue weighted by atomic mass is 10.2. The van der Waals surface area contributed by atoms with E-state index in [0.717, 1.165) is 11.3 Å². The van der Waals surface area contributed by atoms with Gasteiger partial charge in [-0.05, 0) is 42.0 Å². The number of hydrogen-bond acceptors (Lipinski definition) is 5. The molecule has 6 nitrogen and oxygen atoms in total. The van der Waals surface area contributed by atoms with Crippen molar-refractivity contribution in [2.24, 2.45) is 4.99 Å². The number of methoxy groups -OCH3 is 1. The van der Waals surface area contributed by atoms with E-state index < -0.39 is 5.25 Å². The number of benzene rings is 2. The lowest BCUT2D eigenvalue weighted by Crippen LogP contribution is -2.45. The Morgan fingerprint density at radius 2 is 1.93 bits per heavy atom. The highest BCUT2D eigenvalue weighted by atomic mass is 35.5. The Balaban J connectivity index is 1.91. The average molecular weight is 418 g/mol. The highest BCUT2D eigenvalue weighted by Crippen LogP contribution is 2.31. The molecule has 146 valence electrons. The van der Waals surface area contributed by atoms with Gasteiger partial charge in [-0.3, -0.25) is 14.5 Å². The van der Waals surface area contributed by atoms with Crippen molar-refractivity contribution in [3.63, 3.8) is 0 Å². The van der Waals surface area contributed by atoms with Gasteiger partial charge in [0.25, 0.3) is 0 Å². The summed E-state index contributed by atoms with van der Waals surface area (Å²) in [5.74, 6) is 0.388. The van der Waals surface area contributed by atoms with Crippen molar-refractivity contribution in [2.45, 2.75) is 18.2 Å². The summed E-state index contributed by atoms with van der Waals surface area (Å²) in [4.78, 5) is 31.1. The third-order valence-electron chi connectivity index (χ3n) is 4.23. The van der Waals surface area contributed by atoms with Crippen molar-refractivity contribution in [3.05, 3.63) is 59.1 Å². The third-order valence-corrected chi connectivity index (χ3v) is 5.67. The van der Waals surface area contributed by atoms with Gasteiger partial charge in [0.1, 0.15) is 5.75 Å². The number of thioether (sulfide) groups is 1. The first-order valence-corrected chi connectivity index (χ1v) is 9.91. The molecular weight excluding hydrogens is 398 g/mol. The molecule has 0 aromatic heterocycles. The Morgan fingerprint density at radius 3 is 2.54 bits per heavy atom. The highest BCUT2D eigenvalue weighted by Gasteiger charge is 2.35. The van der Waals surface area contributed by atoms with Gasteiger partial charge in [-0.25, -0.2) is 4.99 Å². The topological polar surface area (TPSA) is 71.0 Å². The summed E-state index contributed by atoms with van der Waals surface area (Å²) >= 11 is 7.24. The van der Waals surface area contributed by atoms with Crippen LogP contribution in [0.4, 0.5) is 5.69 Å². The van der Waals surface area contributed by atoms with Crippen LogP contribution in [0.2, 0.25) is 5.02 Å². The van der Waals surface area contributed by atoms with E-state index in [1.165, 1.54) is 11.8 Å². The molecule has 2 aromatic carbocycles. The van der Waals surface area contributed by atoms with Crippen molar-refractivity contribution in [1.82, 2.24) is 10.2 Å². The average Bonchev–Trinajstić information content (AvgIpc) is 2.71. The Morgan fingerprint density at radius 1 is 1.25 bits per heavy atom. The quantitative estimate of drug-likeness (QED) is 0.806. The van der Waals surface area contributed by atoms with Crippen molar-refractivity contribution in [3.8, 4) is 5.75 Å². The van der Waals surface area contributed by atoms with Gasteiger partial charge in [-0.2, -0.15) is 0 Å². The van der Waals surface area contributed by atoms with E-state index in [9.17, 15) is 9.59 Å². The lowest BCUT2D eigenvalue weighted by Gasteiger charge is -2.31. The molecular formula is C20H20ClN3O3S. The molecule has 0 bridgehead atoms. The van der Waals surface area contributed by atoms with E-state index in [2.05, 4.69) is 10.3 Å². The van der Waals surface area contributed by atoms with Gasteiger partial charge in [0, 0.05) is 18.5 Å². The van der Waals surface area contributed by atoms with Crippen molar-refractivity contribution in [1.29, 1.82) is 0 Å². The fraction of sp³-hybridized carbons (Fsp3) is 0.250. The van der Waals surface area contributed by atoms with Crippen LogP contribution in [0.1, 0.15) is 12.0 Å². The van der Waals surface area contributed by atoms with Crippen LogP contribution >= 0.6 is 23.4 Å². The number of hydrogen-bond donors (Lipinski definition) is 1. The summed E-state index contributed by atoms with van der Waals surface area (Å²) in [5.41, 5.74) is 1.61. The number of aliphatic imine (C=N–C) groups is 1. The van der Waals surface area contributed by atoms with Crippen LogP contribution < -0.4 is 10.1 Å². The van der Waals surface area contributed by atoms with Gasteiger partial charge < -0.3 is 10.1 Å². The van der Waals surface area contributed by atoms with Gasteiger partial charge >= 0.3 is 0 Å². The summed E-state index contributed by atoms with van der Waals surface area (Å²) in [6.07, 6.45) is 0.125. The van der Waals surface area contributed by atoms with Gasteiger partial charge in [-0.1, -0.05) is 35.5 Å². The number of ether oxygens (including phenoxy) is 1. The predicted octanol–water partition coefficient (Wildman–Crippen LogP) is 3.62. The zero-order valence-corrected chi connectivity index (χ0v) is 17.1. The first-order chi connectivity index (χ1) is 13.5. The maximum Gasteiger partial charge on any atom is 0.233 e. The molecule has 2 aromatic rings. The van der Waals surface area contributed by atoms with Crippen LogP contribution in [-0.2, 0) is 16.1 Å². The Bertz CT molecular complexity index is 885. The molecule has 1 atom stereocenters. The largest absolute Gasteiger partial charge is 0.497 e. The van der Waals surface area contributed by atoms with E-state index in [-0.39, 0.29) is 18.2 Å². The second kappa shape index (κ2) is 9.12. The predicted molar refractivity (Wildman–Crippen MR) is 112 cm³/mol. The molecule has 1 aliphatic heterocycles. The zero-order valence-electron chi connectivity index (χ0n) is 15.5. The minimum Gasteiger partial charge on any atom is -0.497 e. The standard InChI is InChI=1S/C20H20ClN3O3S/c1-22-19(26)17-11-18(25)24(12-13-3-5-14(21)6-4-13)20(28-17)23-15-7-9-16(27-2)10-8-15/h3-10,17H,11-12H2,1-2H3,(H,22,26). The normalized spacial score (nSPS) is 18.2. The van der Waals surface area contributed by atoms with Crippen LogP contribution in [0.5, 0.6) is 5.75 Å². The monoisotopic (exact) mass is 417 g/mol. The van der Waals surface area contributed by atoms with Crippen molar-refractivity contribution in [2.75, 3.05) is 14.2 Å². The molecule has 1 N–H and O–H groups in total. The Labute approximate surface area is 172 Å². The minimum atomic E-state index is -0.504. The zero-order chi connectivity index (χ0) is 20.1. The SMILES string of the molecule is CNC(=O)C1CC(=O)N(Cc2ccc(Cl)cc2)C(=Nc2ccc(OC)cc2)S1. The fourth-order valence-electron chi connectivity index (χ4n) is 2.70.